The molecule has 158 valence electrons. The fraction of sp³-hybridized carbons (Fsp3) is 0.550. The van der Waals surface area contributed by atoms with Gasteiger partial charge in [0.05, 0.1) is 4.90 Å². The number of likely N-dealkylation sites (tertiary alicyclic amines) is 1. The molecule has 8 nitrogen and oxygen atoms in total. The van der Waals surface area contributed by atoms with Gasteiger partial charge in [-0.25, -0.2) is 0 Å². The Hall–Kier alpha value is -2.42. The van der Waals surface area contributed by atoms with Crippen molar-refractivity contribution in [3.63, 3.8) is 0 Å². The summed E-state index contributed by atoms with van der Waals surface area (Å²) in [5.74, 6) is 0.167. The van der Waals surface area contributed by atoms with Crippen molar-refractivity contribution in [2.45, 2.75) is 56.4 Å². The highest BCUT2D eigenvalue weighted by Gasteiger charge is 2.31. The molecule has 1 heterocycles. The van der Waals surface area contributed by atoms with Crippen LogP contribution in [0.25, 0.3) is 0 Å². The van der Waals surface area contributed by atoms with Crippen LogP contribution in [-0.2, 0) is 19.6 Å². The molecule has 0 radical (unpaired) electrons. The molecule has 2 N–H and O–H groups in total. The van der Waals surface area contributed by atoms with E-state index < -0.39 is 16.1 Å². The Balaban J connectivity index is 1.70. The van der Waals surface area contributed by atoms with E-state index in [0.29, 0.717) is 17.9 Å². The maximum Gasteiger partial charge on any atom is 0.283 e. The minimum atomic E-state index is -3.79. The van der Waals surface area contributed by atoms with Crippen molar-refractivity contribution in [2.24, 2.45) is 10.3 Å². The van der Waals surface area contributed by atoms with Crippen molar-refractivity contribution in [2.75, 3.05) is 18.9 Å². The van der Waals surface area contributed by atoms with Crippen LogP contribution < -0.4 is 10.6 Å². The number of benzene rings is 1. The molecule has 1 saturated heterocycles. The second-order valence-corrected chi connectivity index (χ2v) is 9.35. The molecule has 1 aromatic rings. The fourth-order valence-corrected chi connectivity index (χ4v) is 5.03. The Bertz CT molecular complexity index is 890. The van der Waals surface area contributed by atoms with Crippen molar-refractivity contribution < 1.29 is 18.0 Å². The quantitative estimate of drug-likeness (QED) is 0.733. The first-order valence-corrected chi connectivity index (χ1v) is 11.4. The van der Waals surface area contributed by atoms with Gasteiger partial charge in [0.1, 0.15) is 11.9 Å². The molecule has 0 aromatic heterocycles. The summed E-state index contributed by atoms with van der Waals surface area (Å²) in [5, 5.41) is 5.54. The van der Waals surface area contributed by atoms with Gasteiger partial charge in [0, 0.05) is 32.6 Å². The number of sulfonamides is 1. The predicted octanol–water partition coefficient (Wildman–Crippen LogP) is 2.13. The van der Waals surface area contributed by atoms with Crippen LogP contribution >= 0.6 is 0 Å². The first kappa shape index (κ1) is 21.3. The SMILES string of the molecule is CC(=O)NC(C(=O)Nc1ccc(S(=O)(=O)N=C2CCCN2C)cc1)C1CCCC1. The highest BCUT2D eigenvalue weighted by atomic mass is 32.2. The summed E-state index contributed by atoms with van der Waals surface area (Å²) < 4.78 is 29.0. The summed E-state index contributed by atoms with van der Waals surface area (Å²) in [4.78, 5) is 26.2. The van der Waals surface area contributed by atoms with Crippen LogP contribution in [0, 0.1) is 5.92 Å². The van der Waals surface area contributed by atoms with Crippen molar-refractivity contribution >= 4 is 33.4 Å². The molecule has 2 fully saturated rings. The predicted molar refractivity (Wildman–Crippen MR) is 111 cm³/mol. The summed E-state index contributed by atoms with van der Waals surface area (Å²) in [7, 11) is -1.96. The lowest BCUT2D eigenvalue weighted by molar-refractivity contribution is -0.126. The molecule has 1 aliphatic carbocycles. The average Bonchev–Trinajstić information content (AvgIpc) is 3.32. The Labute approximate surface area is 171 Å². The Kier molecular flexibility index (Phi) is 6.56. The third-order valence-electron chi connectivity index (χ3n) is 5.49. The van der Waals surface area contributed by atoms with Crippen molar-refractivity contribution in [3.05, 3.63) is 24.3 Å². The molecule has 2 aliphatic rings. The van der Waals surface area contributed by atoms with Crippen molar-refractivity contribution in [1.82, 2.24) is 10.2 Å². The number of hydrogen-bond acceptors (Lipinski definition) is 4. The monoisotopic (exact) mass is 420 g/mol. The largest absolute Gasteiger partial charge is 0.362 e. The molecule has 29 heavy (non-hydrogen) atoms. The molecule has 0 spiro atoms. The van der Waals surface area contributed by atoms with Gasteiger partial charge >= 0.3 is 0 Å². The van der Waals surface area contributed by atoms with Gasteiger partial charge in [0.15, 0.2) is 0 Å². The summed E-state index contributed by atoms with van der Waals surface area (Å²) >= 11 is 0. The van der Waals surface area contributed by atoms with E-state index in [2.05, 4.69) is 15.0 Å². The van der Waals surface area contributed by atoms with Gasteiger partial charge in [-0.15, -0.1) is 4.40 Å². The van der Waals surface area contributed by atoms with Gasteiger partial charge in [-0.05, 0) is 49.4 Å². The van der Waals surface area contributed by atoms with Crippen LogP contribution in [0.15, 0.2) is 33.6 Å². The number of hydrogen-bond donors (Lipinski definition) is 2. The lowest BCUT2D eigenvalue weighted by Crippen LogP contribution is -2.47. The first-order chi connectivity index (χ1) is 13.8. The highest BCUT2D eigenvalue weighted by molar-refractivity contribution is 7.90. The topological polar surface area (TPSA) is 108 Å². The smallest absolute Gasteiger partial charge is 0.283 e. The molecule has 9 heteroatoms. The maximum absolute atomic E-state index is 12.7. The third-order valence-corrected chi connectivity index (χ3v) is 6.81. The number of rotatable bonds is 6. The number of nitrogens with one attached hydrogen (secondary N) is 2. The van der Waals surface area contributed by atoms with Crippen molar-refractivity contribution in [1.29, 1.82) is 0 Å². The van der Waals surface area contributed by atoms with Crippen LogP contribution in [-0.4, -0.2) is 50.6 Å². The van der Waals surface area contributed by atoms with Gasteiger partial charge in [0.25, 0.3) is 10.0 Å². The van der Waals surface area contributed by atoms with Gasteiger partial charge in [0.2, 0.25) is 11.8 Å². The second-order valence-electron chi connectivity index (χ2n) is 7.74. The first-order valence-electron chi connectivity index (χ1n) is 9.99. The zero-order chi connectivity index (χ0) is 21.0. The van der Waals surface area contributed by atoms with Gasteiger partial charge < -0.3 is 15.5 Å². The van der Waals surface area contributed by atoms with Crippen LogP contribution in [0.2, 0.25) is 0 Å². The van der Waals surface area contributed by atoms with E-state index in [9.17, 15) is 18.0 Å². The molecule has 1 aliphatic heterocycles. The number of nitrogens with zero attached hydrogens (tertiary/aromatic N) is 2. The number of amidine groups is 1. The Morgan fingerprint density at radius 3 is 2.34 bits per heavy atom. The summed E-state index contributed by atoms with van der Waals surface area (Å²) in [5.41, 5.74) is 0.480. The molecular weight excluding hydrogens is 392 g/mol. The summed E-state index contributed by atoms with van der Waals surface area (Å²) in [6, 6.07) is 5.38. The number of amides is 2. The molecule has 1 saturated carbocycles. The standard InChI is InChI=1S/C20H28N4O4S/c1-14(25)21-19(15-6-3-4-7-15)20(26)22-16-9-11-17(12-10-16)29(27,28)23-18-8-5-13-24(18)2/h9-12,15,19H,3-8,13H2,1-2H3,(H,21,25)(H,22,26). The van der Waals surface area contributed by atoms with E-state index in [-0.39, 0.29) is 22.6 Å². The van der Waals surface area contributed by atoms with E-state index in [4.69, 9.17) is 0 Å². The Morgan fingerprint density at radius 2 is 1.79 bits per heavy atom. The molecule has 1 atom stereocenters. The lowest BCUT2D eigenvalue weighted by atomic mass is 9.97. The van der Waals surface area contributed by atoms with Gasteiger partial charge in [-0.3, -0.25) is 9.59 Å². The van der Waals surface area contributed by atoms with Gasteiger partial charge in [-0.2, -0.15) is 8.42 Å². The zero-order valence-corrected chi connectivity index (χ0v) is 17.7. The van der Waals surface area contributed by atoms with E-state index in [1.807, 2.05) is 11.9 Å². The molecule has 1 unspecified atom stereocenters. The Morgan fingerprint density at radius 1 is 1.14 bits per heavy atom. The number of anilines is 1. The van der Waals surface area contributed by atoms with Crippen LogP contribution in [0.5, 0.6) is 0 Å². The van der Waals surface area contributed by atoms with Crippen molar-refractivity contribution in [3.8, 4) is 0 Å². The van der Waals surface area contributed by atoms with Crippen LogP contribution in [0.4, 0.5) is 5.69 Å². The lowest BCUT2D eigenvalue weighted by Gasteiger charge is -2.23. The second kappa shape index (κ2) is 8.94. The molecule has 1 aromatic carbocycles. The van der Waals surface area contributed by atoms with Crippen LogP contribution in [0.3, 0.4) is 0 Å². The summed E-state index contributed by atoms with van der Waals surface area (Å²) in [6.07, 6.45) is 5.47. The minimum absolute atomic E-state index is 0.0810. The van der Waals surface area contributed by atoms with E-state index >= 15 is 0 Å². The van der Waals surface area contributed by atoms with E-state index in [1.165, 1.54) is 19.1 Å². The highest BCUT2D eigenvalue weighted by Crippen LogP contribution is 2.28. The molecular formula is C20H28N4O4S. The average molecular weight is 421 g/mol. The maximum atomic E-state index is 12.7. The van der Waals surface area contributed by atoms with E-state index in [1.54, 1.807) is 12.1 Å². The zero-order valence-electron chi connectivity index (χ0n) is 16.8. The number of carbonyl (C=O) groups is 2. The number of carbonyl (C=O) groups excluding carboxylic acids is 2. The third kappa shape index (κ3) is 5.35. The molecule has 3 rings (SSSR count). The molecule has 0 bridgehead atoms. The fourth-order valence-electron chi connectivity index (χ4n) is 3.94. The van der Waals surface area contributed by atoms with Crippen LogP contribution in [0.1, 0.15) is 45.4 Å². The van der Waals surface area contributed by atoms with E-state index in [0.717, 1.165) is 38.6 Å². The summed E-state index contributed by atoms with van der Waals surface area (Å²) in [6.45, 7) is 2.20. The normalized spacial score (nSPS) is 20.1. The minimum Gasteiger partial charge on any atom is -0.362 e. The molecule has 2 amide bonds. The van der Waals surface area contributed by atoms with Gasteiger partial charge in [-0.1, -0.05) is 12.8 Å².